The molecule has 0 aromatic carbocycles. The first kappa shape index (κ1) is 6.99. The Morgan fingerprint density at radius 3 is 2.50 bits per heavy atom. The number of halogens is 1. The number of aryl methyl sites for hydroxylation is 1. The summed E-state index contributed by atoms with van der Waals surface area (Å²) in [5.74, 6) is 0. The summed E-state index contributed by atoms with van der Waals surface area (Å²) < 4.78 is 12.6. The standard InChI is InChI=1S/C7H8FNO/c1-5-3-4-7(10)9(8)6(5)2/h3-4H,1-2H3. The van der Waals surface area contributed by atoms with E-state index in [1.807, 2.05) is 0 Å². The summed E-state index contributed by atoms with van der Waals surface area (Å²) in [6, 6.07) is 2.82. The van der Waals surface area contributed by atoms with E-state index in [1.54, 1.807) is 19.9 Å². The third-order valence-electron chi connectivity index (χ3n) is 1.53. The molecule has 0 aliphatic rings. The van der Waals surface area contributed by atoms with Gasteiger partial charge in [-0.25, -0.2) is 0 Å². The van der Waals surface area contributed by atoms with Crippen molar-refractivity contribution in [2.75, 3.05) is 0 Å². The van der Waals surface area contributed by atoms with E-state index in [4.69, 9.17) is 0 Å². The quantitative estimate of drug-likeness (QED) is 0.532. The summed E-state index contributed by atoms with van der Waals surface area (Å²) in [7, 11) is 0. The van der Waals surface area contributed by atoms with Crippen LogP contribution in [0.2, 0.25) is 0 Å². The molecule has 0 spiro atoms. The molecule has 0 bridgehead atoms. The van der Waals surface area contributed by atoms with Gasteiger partial charge in [0.2, 0.25) is 0 Å². The van der Waals surface area contributed by atoms with Gasteiger partial charge in [0.15, 0.2) is 0 Å². The maximum absolute atomic E-state index is 12.6. The van der Waals surface area contributed by atoms with Crippen molar-refractivity contribution in [3.63, 3.8) is 0 Å². The Bertz CT molecular complexity index is 303. The molecule has 0 saturated heterocycles. The van der Waals surface area contributed by atoms with Gasteiger partial charge in [-0.2, -0.15) is 0 Å². The van der Waals surface area contributed by atoms with Gasteiger partial charge in [-0.3, -0.25) is 4.79 Å². The second kappa shape index (κ2) is 2.25. The predicted octanol–water partition coefficient (Wildman–Crippen LogP) is 1.20. The van der Waals surface area contributed by atoms with Crippen molar-refractivity contribution in [3.8, 4) is 0 Å². The second-order valence-electron chi connectivity index (χ2n) is 2.22. The minimum atomic E-state index is -0.608. The molecule has 0 N–H and O–H groups in total. The number of hydrogen-bond acceptors (Lipinski definition) is 1. The third kappa shape index (κ3) is 0.943. The fourth-order valence-electron chi connectivity index (χ4n) is 0.702. The molecule has 0 aliphatic heterocycles. The van der Waals surface area contributed by atoms with Gasteiger partial charge in [-0.1, -0.05) is 10.5 Å². The van der Waals surface area contributed by atoms with Crippen molar-refractivity contribution >= 4 is 0 Å². The zero-order chi connectivity index (χ0) is 7.72. The lowest BCUT2D eigenvalue weighted by Gasteiger charge is -1.99. The molecule has 1 aromatic heterocycles. The van der Waals surface area contributed by atoms with Gasteiger partial charge in [-0.05, 0) is 19.4 Å². The van der Waals surface area contributed by atoms with Gasteiger partial charge in [-0.15, -0.1) is 4.79 Å². The largest absolute Gasteiger partial charge is 0.278 e. The van der Waals surface area contributed by atoms with Crippen LogP contribution in [-0.4, -0.2) is 4.79 Å². The van der Waals surface area contributed by atoms with Crippen molar-refractivity contribution in [2.24, 2.45) is 0 Å². The molecule has 0 atom stereocenters. The lowest BCUT2D eigenvalue weighted by atomic mass is 10.2. The zero-order valence-corrected chi connectivity index (χ0v) is 5.89. The molecule has 1 aromatic rings. The lowest BCUT2D eigenvalue weighted by molar-refractivity contribution is 0.340. The molecule has 1 heterocycles. The molecule has 10 heavy (non-hydrogen) atoms. The van der Waals surface area contributed by atoms with Crippen LogP contribution >= 0.6 is 0 Å². The van der Waals surface area contributed by atoms with Gasteiger partial charge in [0.25, 0.3) is 5.56 Å². The first-order chi connectivity index (χ1) is 4.63. The summed E-state index contributed by atoms with van der Waals surface area (Å²) in [6.07, 6.45) is 0. The number of nitrogens with zero attached hydrogens (tertiary/aromatic N) is 1. The van der Waals surface area contributed by atoms with Crippen molar-refractivity contribution in [1.82, 2.24) is 4.79 Å². The Morgan fingerprint density at radius 1 is 1.40 bits per heavy atom. The Balaban J connectivity index is 3.49. The first-order valence-corrected chi connectivity index (χ1v) is 2.98. The summed E-state index contributed by atoms with van der Waals surface area (Å²) in [5.41, 5.74) is 0.540. The predicted molar refractivity (Wildman–Crippen MR) is 36.7 cm³/mol. The highest BCUT2D eigenvalue weighted by atomic mass is 19.2. The summed E-state index contributed by atoms with van der Waals surface area (Å²) in [6.45, 7) is 3.32. The monoisotopic (exact) mass is 141 g/mol. The van der Waals surface area contributed by atoms with Crippen LogP contribution in [0.3, 0.4) is 0 Å². The lowest BCUT2D eigenvalue weighted by Crippen LogP contribution is -2.14. The van der Waals surface area contributed by atoms with Crippen molar-refractivity contribution in [1.29, 1.82) is 0 Å². The zero-order valence-electron chi connectivity index (χ0n) is 5.89. The van der Waals surface area contributed by atoms with Crippen LogP contribution in [-0.2, 0) is 0 Å². The minimum Gasteiger partial charge on any atom is -0.267 e. The Kier molecular flexibility index (Phi) is 1.57. The van der Waals surface area contributed by atoms with E-state index in [9.17, 15) is 9.28 Å². The van der Waals surface area contributed by atoms with Crippen LogP contribution in [0.4, 0.5) is 4.48 Å². The summed E-state index contributed by atoms with van der Waals surface area (Å²) >= 11 is 0. The van der Waals surface area contributed by atoms with Crippen LogP contribution in [0.1, 0.15) is 11.3 Å². The molecular weight excluding hydrogens is 133 g/mol. The van der Waals surface area contributed by atoms with Gasteiger partial charge in [0.1, 0.15) is 0 Å². The maximum atomic E-state index is 12.6. The SMILES string of the molecule is Cc1ccc(=O)n(F)c1C. The van der Waals surface area contributed by atoms with Crippen molar-refractivity contribution < 1.29 is 4.48 Å². The number of pyridine rings is 1. The number of rotatable bonds is 0. The normalized spacial score (nSPS) is 9.90. The molecule has 0 fully saturated rings. The Hall–Kier alpha value is -1.12. The molecule has 0 radical (unpaired) electrons. The number of aromatic nitrogens is 1. The van der Waals surface area contributed by atoms with Gasteiger partial charge in [0, 0.05) is 6.07 Å². The molecule has 1 rings (SSSR count). The van der Waals surface area contributed by atoms with E-state index in [0.29, 0.717) is 5.69 Å². The van der Waals surface area contributed by atoms with E-state index in [-0.39, 0.29) is 4.79 Å². The van der Waals surface area contributed by atoms with E-state index in [1.165, 1.54) is 6.07 Å². The van der Waals surface area contributed by atoms with E-state index in [0.717, 1.165) is 5.56 Å². The van der Waals surface area contributed by atoms with Crippen LogP contribution in [0.5, 0.6) is 0 Å². The second-order valence-corrected chi connectivity index (χ2v) is 2.22. The molecule has 54 valence electrons. The van der Waals surface area contributed by atoms with Crippen molar-refractivity contribution in [2.45, 2.75) is 13.8 Å². The molecular formula is C7H8FNO. The van der Waals surface area contributed by atoms with Crippen LogP contribution in [0, 0.1) is 13.8 Å². The topological polar surface area (TPSA) is 22.0 Å². The van der Waals surface area contributed by atoms with Gasteiger partial charge in [0.05, 0.1) is 5.69 Å². The van der Waals surface area contributed by atoms with Crippen molar-refractivity contribution in [3.05, 3.63) is 33.7 Å². The molecule has 0 unspecified atom stereocenters. The van der Waals surface area contributed by atoms with Crippen LogP contribution < -0.4 is 5.56 Å². The summed E-state index contributed by atoms with van der Waals surface area (Å²) in [5, 5.41) is 0. The maximum Gasteiger partial charge on any atom is 0.278 e. The smallest absolute Gasteiger partial charge is 0.267 e. The average molecular weight is 141 g/mol. The average Bonchev–Trinajstić information content (AvgIpc) is 1.93. The molecule has 0 saturated carbocycles. The van der Waals surface area contributed by atoms with E-state index in [2.05, 4.69) is 0 Å². The molecule has 2 nitrogen and oxygen atoms in total. The van der Waals surface area contributed by atoms with E-state index < -0.39 is 5.56 Å². The highest BCUT2D eigenvalue weighted by Crippen LogP contribution is 2.01. The summed E-state index contributed by atoms with van der Waals surface area (Å²) in [4.78, 5) is 10.7. The third-order valence-corrected chi connectivity index (χ3v) is 1.53. The Morgan fingerprint density at radius 2 is 2.00 bits per heavy atom. The first-order valence-electron chi connectivity index (χ1n) is 2.98. The molecule has 0 aliphatic carbocycles. The fraction of sp³-hybridized carbons (Fsp3) is 0.286. The molecule has 3 heteroatoms. The van der Waals surface area contributed by atoms with Gasteiger partial charge >= 0.3 is 0 Å². The van der Waals surface area contributed by atoms with Crippen LogP contribution in [0.25, 0.3) is 0 Å². The molecule has 0 amide bonds. The van der Waals surface area contributed by atoms with Gasteiger partial charge < -0.3 is 0 Å². The van der Waals surface area contributed by atoms with E-state index >= 15 is 0 Å². The highest BCUT2D eigenvalue weighted by molar-refractivity contribution is 5.16. The van der Waals surface area contributed by atoms with Crippen LogP contribution in [0.15, 0.2) is 16.9 Å². The fourth-order valence-corrected chi connectivity index (χ4v) is 0.702. The minimum absolute atomic E-state index is 0.148. The highest BCUT2D eigenvalue weighted by Gasteiger charge is 1.99. The Labute approximate surface area is 57.9 Å². The number of hydrogen-bond donors (Lipinski definition) is 0.